The van der Waals surface area contributed by atoms with Crippen LogP contribution >= 0.6 is 11.8 Å². The number of hydrogen-bond donors (Lipinski definition) is 1. The Labute approximate surface area is 176 Å². The van der Waals surface area contributed by atoms with Crippen LogP contribution in [0.1, 0.15) is 30.1 Å². The predicted octanol–water partition coefficient (Wildman–Crippen LogP) is 3.68. The molecule has 1 amide bonds. The molecule has 30 heavy (non-hydrogen) atoms. The third kappa shape index (κ3) is 4.30. The average Bonchev–Trinajstić information content (AvgIpc) is 3.38. The first-order chi connectivity index (χ1) is 14.5. The molecule has 0 unspecified atom stereocenters. The highest BCUT2D eigenvalue weighted by Crippen LogP contribution is 2.29. The van der Waals surface area contributed by atoms with Gasteiger partial charge in [-0.3, -0.25) is 14.3 Å². The summed E-state index contributed by atoms with van der Waals surface area (Å²) in [7, 11) is 0. The molecule has 0 fully saturated rings. The van der Waals surface area contributed by atoms with E-state index in [-0.39, 0.29) is 17.2 Å². The summed E-state index contributed by atoms with van der Waals surface area (Å²) in [5.41, 5.74) is 1.14. The van der Waals surface area contributed by atoms with E-state index in [4.69, 9.17) is 4.42 Å². The van der Waals surface area contributed by atoms with Crippen molar-refractivity contribution >= 4 is 29.1 Å². The molecule has 0 saturated heterocycles. The van der Waals surface area contributed by atoms with Gasteiger partial charge in [-0.05, 0) is 30.2 Å². The molecule has 3 aromatic heterocycles. The van der Waals surface area contributed by atoms with Crippen LogP contribution in [0.3, 0.4) is 0 Å². The van der Waals surface area contributed by atoms with Gasteiger partial charge in [0.2, 0.25) is 0 Å². The fourth-order valence-electron chi connectivity index (χ4n) is 3.02. The molecule has 0 saturated carbocycles. The molecular weight excluding hydrogens is 402 g/mol. The summed E-state index contributed by atoms with van der Waals surface area (Å²) < 4.78 is 8.42. The number of thioether (sulfide) groups is 1. The van der Waals surface area contributed by atoms with E-state index in [1.54, 1.807) is 23.1 Å². The van der Waals surface area contributed by atoms with Gasteiger partial charge < -0.3 is 9.73 Å². The van der Waals surface area contributed by atoms with Gasteiger partial charge in [-0.1, -0.05) is 26.0 Å². The smallest absolute Gasteiger partial charge is 0.291 e. The van der Waals surface area contributed by atoms with Crippen molar-refractivity contribution in [2.75, 3.05) is 5.32 Å². The van der Waals surface area contributed by atoms with E-state index in [2.05, 4.69) is 29.1 Å². The maximum Gasteiger partial charge on any atom is 0.291 e. The quantitative estimate of drug-likeness (QED) is 0.456. The van der Waals surface area contributed by atoms with E-state index in [1.165, 1.54) is 28.6 Å². The van der Waals surface area contributed by atoms with Crippen LogP contribution in [0.2, 0.25) is 0 Å². The maximum absolute atomic E-state index is 12.6. The van der Waals surface area contributed by atoms with Crippen molar-refractivity contribution in [3.05, 3.63) is 76.9 Å². The molecule has 0 atom stereocenters. The highest BCUT2D eigenvalue weighted by molar-refractivity contribution is 7.98. The number of furan rings is 1. The Morgan fingerprint density at radius 1 is 1.23 bits per heavy atom. The summed E-state index contributed by atoms with van der Waals surface area (Å²) in [4.78, 5) is 34.5. The Balaban J connectivity index is 1.52. The second-order valence-electron chi connectivity index (χ2n) is 7.17. The van der Waals surface area contributed by atoms with Gasteiger partial charge in [-0.15, -0.1) is 11.8 Å². The lowest BCUT2D eigenvalue weighted by Gasteiger charge is -2.10. The molecule has 0 aliphatic carbocycles. The lowest BCUT2D eigenvalue weighted by Crippen LogP contribution is -2.22. The number of aromatic nitrogens is 4. The Morgan fingerprint density at radius 2 is 2.07 bits per heavy atom. The Morgan fingerprint density at radius 3 is 2.83 bits per heavy atom. The van der Waals surface area contributed by atoms with Gasteiger partial charge in [-0.2, -0.15) is 9.50 Å². The minimum absolute atomic E-state index is 0.159. The predicted molar refractivity (Wildman–Crippen MR) is 115 cm³/mol. The Bertz CT molecular complexity index is 1230. The van der Waals surface area contributed by atoms with Gasteiger partial charge in [-0.25, -0.2) is 4.98 Å². The van der Waals surface area contributed by atoms with E-state index in [0.717, 1.165) is 4.90 Å². The lowest BCUT2D eigenvalue weighted by molar-refractivity contribution is 0.0996. The van der Waals surface area contributed by atoms with Crippen molar-refractivity contribution in [2.45, 2.75) is 31.0 Å². The van der Waals surface area contributed by atoms with E-state index in [0.29, 0.717) is 35.4 Å². The SMILES string of the molecule is CC(C)Cn1cnc2nc(CSc3ccccc3NC(=O)c3ccco3)cc(=O)n21. The number of anilines is 1. The molecule has 1 N–H and O–H groups in total. The van der Waals surface area contributed by atoms with Crippen LogP contribution in [0.25, 0.3) is 5.78 Å². The molecule has 1 aromatic carbocycles. The number of fused-ring (bicyclic) bond motifs is 1. The van der Waals surface area contributed by atoms with E-state index in [1.807, 2.05) is 24.3 Å². The number of hydrogen-bond acceptors (Lipinski definition) is 6. The number of rotatable bonds is 7. The first-order valence-electron chi connectivity index (χ1n) is 9.52. The maximum atomic E-state index is 12.6. The molecule has 8 nitrogen and oxygen atoms in total. The fourth-order valence-corrected chi connectivity index (χ4v) is 3.92. The summed E-state index contributed by atoms with van der Waals surface area (Å²) in [5.74, 6) is 1.17. The topological polar surface area (TPSA) is 94.4 Å². The van der Waals surface area contributed by atoms with E-state index in [9.17, 15) is 9.59 Å². The lowest BCUT2D eigenvalue weighted by atomic mass is 10.2. The number of benzene rings is 1. The Hall–Kier alpha value is -3.33. The monoisotopic (exact) mass is 423 g/mol. The second kappa shape index (κ2) is 8.58. The molecule has 154 valence electrons. The van der Waals surface area contributed by atoms with Gasteiger partial charge in [0.05, 0.1) is 17.6 Å². The van der Waals surface area contributed by atoms with Crippen LogP contribution in [0.5, 0.6) is 0 Å². The number of nitrogens with zero attached hydrogens (tertiary/aromatic N) is 4. The second-order valence-corrected chi connectivity index (χ2v) is 8.19. The van der Waals surface area contributed by atoms with Gasteiger partial charge in [0.25, 0.3) is 17.2 Å². The molecule has 0 aliphatic heterocycles. The zero-order chi connectivity index (χ0) is 21.1. The van der Waals surface area contributed by atoms with Gasteiger partial charge >= 0.3 is 0 Å². The van der Waals surface area contributed by atoms with Crippen LogP contribution in [0, 0.1) is 5.92 Å². The molecule has 9 heteroatoms. The van der Waals surface area contributed by atoms with Crippen molar-refractivity contribution in [3.63, 3.8) is 0 Å². The minimum Gasteiger partial charge on any atom is -0.459 e. The fraction of sp³-hybridized carbons (Fsp3) is 0.238. The Kier molecular flexibility index (Phi) is 5.71. The molecule has 4 aromatic rings. The highest BCUT2D eigenvalue weighted by atomic mass is 32.2. The number of amides is 1. The van der Waals surface area contributed by atoms with Crippen molar-refractivity contribution in [3.8, 4) is 0 Å². The van der Waals surface area contributed by atoms with Crippen LogP contribution in [0.15, 0.2) is 69.2 Å². The summed E-state index contributed by atoms with van der Waals surface area (Å²) in [6, 6.07) is 12.3. The number of para-hydroxylation sites is 1. The van der Waals surface area contributed by atoms with E-state index < -0.39 is 0 Å². The van der Waals surface area contributed by atoms with Crippen molar-refractivity contribution in [1.29, 1.82) is 0 Å². The molecule has 4 rings (SSSR count). The summed E-state index contributed by atoms with van der Waals surface area (Å²) >= 11 is 1.48. The summed E-state index contributed by atoms with van der Waals surface area (Å²) in [6.07, 6.45) is 3.10. The van der Waals surface area contributed by atoms with Gasteiger partial charge in [0.15, 0.2) is 5.76 Å². The van der Waals surface area contributed by atoms with Crippen molar-refractivity contribution < 1.29 is 9.21 Å². The van der Waals surface area contributed by atoms with Gasteiger partial charge in [0, 0.05) is 23.3 Å². The third-order valence-corrected chi connectivity index (χ3v) is 5.41. The number of nitrogens with one attached hydrogen (secondary N) is 1. The standard InChI is InChI=1S/C21H21N5O3S/c1-14(2)11-25-13-22-21-23-15(10-19(27)26(21)25)12-30-18-8-4-3-6-16(18)24-20(28)17-7-5-9-29-17/h3-10,13-14H,11-12H2,1-2H3,(H,24,28). The molecule has 0 spiro atoms. The van der Waals surface area contributed by atoms with Crippen LogP contribution in [-0.2, 0) is 12.3 Å². The molecule has 3 heterocycles. The molecule has 0 bridgehead atoms. The van der Waals surface area contributed by atoms with Crippen LogP contribution < -0.4 is 10.9 Å². The molecule has 0 radical (unpaired) electrons. The molecular formula is C21H21N5O3S. The summed E-state index contributed by atoms with van der Waals surface area (Å²) in [5, 5.41) is 2.86. The van der Waals surface area contributed by atoms with Crippen LogP contribution in [0.4, 0.5) is 5.69 Å². The average molecular weight is 423 g/mol. The summed E-state index contributed by atoms with van der Waals surface area (Å²) in [6.45, 7) is 4.85. The first kappa shape index (κ1) is 20.0. The van der Waals surface area contributed by atoms with E-state index >= 15 is 0 Å². The van der Waals surface area contributed by atoms with Crippen molar-refractivity contribution in [2.24, 2.45) is 5.92 Å². The molecule has 0 aliphatic rings. The third-order valence-electron chi connectivity index (χ3n) is 4.30. The zero-order valence-corrected chi connectivity index (χ0v) is 17.4. The number of carbonyl (C=O) groups is 1. The zero-order valence-electron chi connectivity index (χ0n) is 16.6. The van der Waals surface area contributed by atoms with Crippen LogP contribution in [-0.4, -0.2) is 25.1 Å². The minimum atomic E-state index is -0.318. The number of carbonyl (C=O) groups excluding carboxylic acids is 1. The highest BCUT2D eigenvalue weighted by Gasteiger charge is 2.13. The largest absolute Gasteiger partial charge is 0.459 e. The first-order valence-corrected chi connectivity index (χ1v) is 10.5. The van der Waals surface area contributed by atoms with Gasteiger partial charge in [0.1, 0.15) is 6.33 Å². The van der Waals surface area contributed by atoms with Crippen molar-refractivity contribution in [1.82, 2.24) is 19.2 Å². The normalized spacial score (nSPS) is 11.3.